The summed E-state index contributed by atoms with van der Waals surface area (Å²) in [6, 6.07) is 9.27. The molecule has 0 spiro atoms. The van der Waals surface area contributed by atoms with Gasteiger partial charge >= 0.3 is 6.03 Å². The summed E-state index contributed by atoms with van der Waals surface area (Å²) in [5.74, 6) is -0.170. The average molecular weight is 318 g/mol. The Morgan fingerprint density at radius 3 is 2.50 bits per heavy atom. The molecular weight excluding hydrogens is 300 g/mol. The quantitative estimate of drug-likeness (QED) is 0.912. The molecular formula is C15H18N4O2S. The van der Waals surface area contributed by atoms with E-state index < -0.39 is 6.03 Å². The van der Waals surface area contributed by atoms with Crippen LogP contribution in [0.25, 0.3) is 10.6 Å². The zero-order chi connectivity index (χ0) is 16.1. The molecule has 0 bridgehead atoms. The number of primary amides is 1. The number of aromatic nitrogens is 1. The topological polar surface area (TPSA) is 79.5 Å². The van der Waals surface area contributed by atoms with Crippen LogP contribution in [0.3, 0.4) is 0 Å². The van der Waals surface area contributed by atoms with Gasteiger partial charge in [0.15, 0.2) is 0 Å². The number of hydrogen-bond donors (Lipinski definition) is 1. The molecule has 1 aromatic carbocycles. The first kappa shape index (κ1) is 16.0. The van der Waals surface area contributed by atoms with Crippen LogP contribution in [0, 0.1) is 0 Å². The maximum absolute atomic E-state index is 12.0. The molecule has 0 aliphatic rings. The van der Waals surface area contributed by atoms with E-state index in [1.807, 2.05) is 30.3 Å². The number of carbonyl (C=O) groups is 2. The second-order valence-corrected chi connectivity index (χ2v) is 6.06. The molecule has 0 unspecified atom stereocenters. The summed E-state index contributed by atoms with van der Waals surface area (Å²) in [6.45, 7) is 0.423. The van der Waals surface area contributed by atoms with E-state index >= 15 is 0 Å². The Balaban J connectivity index is 1.98. The highest BCUT2D eigenvalue weighted by Gasteiger charge is 2.15. The van der Waals surface area contributed by atoms with Crippen molar-refractivity contribution in [3.63, 3.8) is 0 Å². The first-order valence-electron chi connectivity index (χ1n) is 6.72. The first-order valence-corrected chi connectivity index (χ1v) is 7.53. The number of benzene rings is 1. The molecule has 1 heterocycles. The fourth-order valence-electron chi connectivity index (χ4n) is 1.82. The van der Waals surface area contributed by atoms with Crippen LogP contribution in [-0.4, -0.2) is 47.4 Å². The van der Waals surface area contributed by atoms with E-state index in [0.717, 1.165) is 15.4 Å². The lowest BCUT2D eigenvalue weighted by molar-refractivity contribution is -0.130. The van der Waals surface area contributed by atoms with E-state index in [-0.39, 0.29) is 12.5 Å². The number of urea groups is 1. The molecule has 0 saturated carbocycles. The lowest BCUT2D eigenvalue weighted by Gasteiger charge is -2.20. The summed E-state index contributed by atoms with van der Waals surface area (Å²) in [5.41, 5.74) is 6.17. The third-order valence-electron chi connectivity index (χ3n) is 3.14. The minimum Gasteiger partial charge on any atom is -0.351 e. The molecule has 0 radical (unpaired) electrons. The Morgan fingerprint density at radius 2 is 1.86 bits per heavy atom. The highest BCUT2D eigenvalue weighted by molar-refractivity contribution is 7.15. The number of nitrogens with two attached hydrogens (primary N) is 1. The smallest absolute Gasteiger partial charge is 0.314 e. The number of hydrogen-bond acceptors (Lipinski definition) is 4. The predicted octanol–water partition coefficient (Wildman–Crippen LogP) is 1.78. The highest BCUT2D eigenvalue weighted by atomic mass is 32.1. The summed E-state index contributed by atoms with van der Waals surface area (Å²) in [5, 5.41) is 0.922. The summed E-state index contributed by atoms with van der Waals surface area (Å²) in [7, 11) is 3.19. The monoisotopic (exact) mass is 318 g/mol. The minimum atomic E-state index is -0.620. The Kier molecular flexibility index (Phi) is 5.11. The third-order valence-corrected chi connectivity index (χ3v) is 4.17. The lowest BCUT2D eigenvalue weighted by Crippen LogP contribution is -2.41. The molecule has 2 aromatic rings. The van der Waals surface area contributed by atoms with Gasteiger partial charge in [0.1, 0.15) is 11.6 Å². The molecule has 7 heteroatoms. The van der Waals surface area contributed by atoms with Gasteiger partial charge in [-0.25, -0.2) is 9.78 Å². The van der Waals surface area contributed by atoms with Crippen molar-refractivity contribution < 1.29 is 9.59 Å². The molecule has 1 aromatic heterocycles. The zero-order valence-corrected chi connectivity index (χ0v) is 13.3. The molecule has 2 rings (SSSR count). The van der Waals surface area contributed by atoms with Crippen molar-refractivity contribution in [1.29, 1.82) is 0 Å². The number of likely N-dealkylation sites (N-methyl/N-ethyl adjacent to an activating group) is 2. The first-order chi connectivity index (χ1) is 10.5. The number of carbonyl (C=O) groups excluding carboxylic acids is 2. The Hall–Kier alpha value is -2.41. The van der Waals surface area contributed by atoms with Crippen LogP contribution in [0.1, 0.15) is 4.88 Å². The molecule has 116 valence electrons. The van der Waals surface area contributed by atoms with Crippen molar-refractivity contribution in [2.24, 2.45) is 5.73 Å². The number of nitrogens with zero attached hydrogens (tertiary/aromatic N) is 3. The highest BCUT2D eigenvalue weighted by Crippen LogP contribution is 2.25. The second kappa shape index (κ2) is 7.04. The summed E-state index contributed by atoms with van der Waals surface area (Å²) >= 11 is 1.55. The maximum Gasteiger partial charge on any atom is 0.314 e. The van der Waals surface area contributed by atoms with Crippen molar-refractivity contribution in [2.45, 2.75) is 6.54 Å². The van der Waals surface area contributed by atoms with Gasteiger partial charge in [0.2, 0.25) is 5.91 Å². The van der Waals surface area contributed by atoms with Crippen molar-refractivity contribution in [2.75, 3.05) is 20.6 Å². The molecule has 0 aliphatic heterocycles. The predicted molar refractivity (Wildman–Crippen MR) is 86.2 cm³/mol. The largest absolute Gasteiger partial charge is 0.351 e. The fourth-order valence-corrected chi connectivity index (χ4v) is 2.79. The van der Waals surface area contributed by atoms with Gasteiger partial charge in [-0.3, -0.25) is 4.79 Å². The SMILES string of the molecule is CN(CC(=O)N(C)Cc1cnc(-c2ccccc2)s1)C(N)=O. The van der Waals surface area contributed by atoms with Crippen molar-refractivity contribution in [1.82, 2.24) is 14.8 Å². The summed E-state index contributed by atoms with van der Waals surface area (Å²) < 4.78 is 0. The number of rotatable bonds is 5. The molecule has 0 saturated heterocycles. The van der Waals surface area contributed by atoms with Gasteiger partial charge in [0, 0.05) is 30.7 Å². The van der Waals surface area contributed by atoms with Crippen molar-refractivity contribution in [3.05, 3.63) is 41.4 Å². The van der Waals surface area contributed by atoms with E-state index in [1.54, 1.807) is 29.5 Å². The van der Waals surface area contributed by atoms with Crippen LogP contribution < -0.4 is 5.73 Å². The van der Waals surface area contributed by atoms with Crippen molar-refractivity contribution in [3.8, 4) is 10.6 Å². The summed E-state index contributed by atoms with van der Waals surface area (Å²) in [4.78, 5) is 31.1. The lowest BCUT2D eigenvalue weighted by atomic mass is 10.2. The number of thiazole rings is 1. The van der Waals surface area contributed by atoms with Crippen LogP contribution >= 0.6 is 11.3 Å². The van der Waals surface area contributed by atoms with E-state index in [9.17, 15) is 9.59 Å². The summed E-state index contributed by atoms with van der Waals surface area (Å²) in [6.07, 6.45) is 1.77. The molecule has 2 N–H and O–H groups in total. The van der Waals surface area contributed by atoms with E-state index in [1.165, 1.54) is 11.9 Å². The van der Waals surface area contributed by atoms with E-state index in [0.29, 0.717) is 6.54 Å². The van der Waals surface area contributed by atoms with Crippen LogP contribution in [-0.2, 0) is 11.3 Å². The maximum atomic E-state index is 12.0. The molecule has 22 heavy (non-hydrogen) atoms. The number of amides is 3. The molecule has 0 aliphatic carbocycles. The van der Waals surface area contributed by atoms with Crippen LogP contribution in [0.15, 0.2) is 36.5 Å². The molecule has 0 fully saturated rings. The van der Waals surface area contributed by atoms with Gasteiger partial charge in [-0.1, -0.05) is 30.3 Å². The molecule has 6 nitrogen and oxygen atoms in total. The van der Waals surface area contributed by atoms with Gasteiger partial charge < -0.3 is 15.5 Å². The molecule has 3 amide bonds. The minimum absolute atomic E-state index is 0.0316. The van der Waals surface area contributed by atoms with Crippen LogP contribution in [0.5, 0.6) is 0 Å². The van der Waals surface area contributed by atoms with Crippen molar-refractivity contribution >= 4 is 23.3 Å². The molecule has 0 atom stereocenters. The van der Waals surface area contributed by atoms with Gasteiger partial charge in [0.05, 0.1) is 6.54 Å². The second-order valence-electron chi connectivity index (χ2n) is 4.94. The Morgan fingerprint density at radius 1 is 1.18 bits per heavy atom. The van der Waals surface area contributed by atoms with E-state index in [4.69, 9.17) is 5.73 Å². The normalized spacial score (nSPS) is 10.3. The average Bonchev–Trinajstić information content (AvgIpc) is 2.96. The van der Waals surface area contributed by atoms with Gasteiger partial charge in [-0.15, -0.1) is 11.3 Å². The van der Waals surface area contributed by atoms with E-state index in [2.05, 4.69) is 4.98 Å². The standard InChI is InChI=1S/C15H18N4O2S/c1-18(13(20)10-19(2)15(16)21)9-12-8-17-14(22-12)11-6-4-3-5-7-11/h3-8H,9-10H2,1-2H3,(H2,16,21). The third kappa shape index (κ3) is 4.05. The zero-order valence-electron chi connectivity index (χ0n) is 12.5. The van der Waals surface area contributed by atoms with Gasteiger partial charge in [0.25, 0.3) is 0 Å². The van der Waals surface area contributed by atoms with Crippen LogP contribution in [0.2, 0.25) is 0 Å². The van der Waals surface area contributed by atoms with Gasteiger partial charge in [-0.05, 0) is 0 Å². The Labute approximate surface area is 133 Å². The fraction of sp³-hybridized carbons (Fsp3) is 0.267. The van der Waals surface area contributed by atoms with Crippen LogP contribution in [0.4, 0.5) is 4.79 Å². The van der Waals surface area contributed by atoms with Gasteiger partial charge in [-0.2, -0.15) is 0 Å². The Bertz CT molecular complexity index is 657.